The third kappa shape index (κ3) is 3.07. The van der Waals surface area contributed by atoms with E-state index < -0.39 is 0 Å². The van der Waals surface area contributed by atoms with Gasteiger partial charge in [0, 0.05) is 12.7 Å². The SMILES string of the molecule is CCN(CC#N)Cc1ccn(C2CCCC2)n1. The molecule has 1 aromatic rings. The second kappa shape index (κ2) is 5.83. The molecule has 0 N–H and O–H groups in total. The number of hydrogen-bond donors (Lipinski definition) is 0. The van der Waals surface area contributed by atoms with Crippen LogP contribution in [0.4, 0.5) is 0 Å². The number of aromatic nitrogens is 2. The highest BCUT2D eigenvalue weighted by molar-refractivity contribution is 5.00. The van der Waals surface area contributed by atoms with Crippen LogP contribution in [0.5, 0.6) is 0 Å². The Bertz CT molecular complexity index is 384. The minimum atomic E-state index is 0.479. The molecule has 17 heavy (non-hydrogen) atoms. The minimum Gasteiger partial charge on any atom is -0.285 e. The summed E-state index contributed by atoms with van der Waals surface area (Å²) >= 11 is 0. The van der Waals surface area contributed by atoms with E-state index in [1.165, 1.54) is 25.7 Å². The van der Waals surface area contributed by atoms with Crippen molar-refractivity contribution in [2.45, 2.75) is 45.2 Å². The van der Waals surface area contributed by atoms with Crippen molar-refractivity contribution >= 4 is 0 Å². The summed E-state index contributed by atoms with van der Waals surface area (Å²) in [7, 11) is 0. The predicted molar refractivity (Wildman–Crippen MR) is 66.3 cm³/mol. The summed E-state index contributed by atoms with van der Waals surface area (Å²) in [6.45, 7) is 4.23. The van der Waals surface area contributed by atoms with Gasteiger partial charge in [-0.15, -0.1) is 0 Å². The molecule has 0 radical (unpaired) electrons. The maximum absolute atomic E-state index is 8.71. The third-order valence-electron chi connectivity index (χ3n) is 3.49. The van der Waals surface area contributed by atoms with Gasteiger partial charge in [0.25, 0.3) is 0 Å². The maximum Gasteiger partial charge on any atom is 0.0869 e. The molecule has 0 saturated heterocycles. The second-order valence-electron chi connectivity index (χ2n) is 4.69. The zero-order valence-corrected chi connectivity index (χ0v) is 10.5. The lowest BCUT2D eigenvalue weighted by molar-refractivity contribution is 0.308. The molecule has 1 aliphatic carbocycles. The van der Waals surface area contributed by atoms with Gasteiger partial charge in [-0.1, -0.05) is 19.8 Å². The number of rotatable bonds is 5. The predicted octanol–water partition coefficient (Wildman–Crippen LogP) is 2.34. The van der Waals surface area contributed by atoms with Crippen LogP contribution < -0.4 is 0 Å². The first-order valence-corrected chi connectivity index (χ1v) is 6.47. The average Bonchev–Trinajstić information content (AvgIpc) is 2.98. The molecule has 0 amide bonds. The molecule has 1 aliphatic rings. The number of nitrogens with zero attached hydrogens (tertiary/aromatic N) is 4. The molecular weight excluding hydrogens is 212 g/mol. The van der Waals surface area contributed by atoms with E-state index in [9.17, 15) is 0 Å². The molecular formula is C13H20N4. The van der Waals surface area contributed by atoms with Crippen LogP contribution in [0.2, 0.25) is 0 Å². The molecule has 0 aromatic carbocycles. The summed E-state index contributed by atoms with van der Waals surface area (Å²) in [6.07, 6.45) is 7.27. The van der Waals surface area contributed by atoms with Gasteiger partial charge in [0.1, 0.15) is 0 Å². The zero-order valence-electron chi connectivity index (χ0n) is 10.5. The van der Waals surface area contributed by atoms with Gasteiger partial charge in [0.15, 0.2) is 0 Å². The first kappa shape index (κ1) is 12.1. The van der Waals surface area contributed by atoms with Crippen LogP contribution in [-0.2, 0) is 6.54 Å². The van der Waals surface area contributed by atoms with Gasteiger partial charge in [0.05, 0.1) is 24.3 Å². The Balaban J connectivity index is 1.95. The van der Waals surface area contributed by atoms with E-state index in [-0.39, 0.29) is 0 Å². The smallest absolute Gasteiger partial charge is 0.0869 e. The van der Waals surface area contributed by atoms with Crippen LogP contribution >= 0.6 is 0 Å². The highest BCUT2D eigenvalue weighted by Gasteiger charge is 2.17. The summed E-state index contributed by atoms with van der Waals surface area (Å²) in [5, 5.41) is 13.3. The van der Waals surface area contributed by atoms with Crippen LogP contribution in [0.15, 0.2) is 12.3 Å². The van der Waals surface area contributed by atoms with Crippen LogP contribution in [-0.4, -0.2) is 27.8 Å². The molecule has 2 rings (SSSR count). The molecule has 0 atom stereocenters. The normalized spacial score (nSPS) is 16.5. The molecule has 1 aromatic heterocycles. The van der Waals surface area contributed by atoms with E-state index in [1.807, 2.05) is 0 Å². The van der Waals surface area contributed by atoms with Crippen LogP contribution in [0.1, 0.15) is 44.3 Å². The van der Waals surface area contributed by atoms with Crippen molar-refractivity contribution in [1.82, 2.24) is 14.7 Å². The molecule has 1 heterocycles. The summed E-state index contributed by atoms with van der Waals surface area (Å²) in [5.74, 6) is 0. The summed E-state index contributed by atoms with van der Waals surface area (Å²) in [4.78, 5) is 2.10. The lowest BCUT2D eigenvalue weighted by Crippen LogP contribution is -2.23. The molecule has 0 spiro atoms. The minimum absolute atomic E-state index is 0.479. The van der Waals surface area contributed by atoms with E-state index in [2.05, 4.69) is 39.9 Å². The van der Waals surface area contributed by atoms with E-state index in [0.717, 1.165) is 18.8 Å². The van der Waals surface area contributed by atoms with Gasteiger partial charge in [-0.2, -0.15) is 10.4 Å². The van der Waals surface area contributed by atoms with E-state index >= 15 is 0 Å². The molecule has 1 saturated carbocycles. The van der Waals surface area contributed by atoms with Crippen molar-refractivity contribution in [2.24, 2.45) is 0 Å². The molecule has 0 unspecified atom stereocenters. The van der Waals surface area contributed by atoms with Crippen molar-refractivity contribution in [3.05, 3.63) is 18.0 Å². The van der Waals surface area contributed by atoms with Gasteiger partial charge in [-0.25, -0.2) is 0 Å². The topological polar surface area (TPSA) is 44.9 Å². The first-order valence-electron chi connectivity index (χ1n) is 6.47. The molecule has 0 aliphatic heterocycles. The van der Waals surface area contributed by atoms with Gasteiger partial charge >= 0.3 is 0 Å². The molecule has 4 heteroatoms. The Morgan fingerprint density at radius 1 is 1.53 bits per heavy atom. The fourth-order valence-corrected chi connectivity index (χ4v) is 2.44. The zero-order chi connectivity index (χ0) is 12.1. The second-order valence-corrected chi connectivity index (χ2v) is 4.69. The average molecular weight is 232 g/mol. The largest absolute Gasteiger partial charge is 0.285 e. The first-order chi connectivity index (χ1) is 8.33. The van der Waals surface area contributed by atoms with Crippen LogP contribution in [0.25, 0.3) is 0 Å². The van der Waals surface area contributed by atoms with Crippen LogP contribution in [0, 0.1) is 11.3 Å². The Morgan fingerprint density at radius 3 is 2.94 bits per heavy atom. The van der Waals surface area contributed by atoms with Gasteiger partial charge in [-0.3, -0.25) is 9.58 Å². The lowest BCUT2D eigenvalue weighted by Gasteiger charge is -2.14. The van der Waals surface area contributed by atoms with E-state index in [4.69, 9.17) is 5.26 Å². The van der Waals surface area contributed by atoms with Gasteiger partial charge in [0.2, 0.25) is 0 Å². The molecule has 1 fully saturated rings. The van der Waals surface area contributed by atoms with Crippen molar-refractivity contribution in [1.29, 1.82) is 5.26 Å². The maximum atomic E-state index is 8.71. The summed E-state index contributed by atoms with van der Waals surface area (Å²) < 4.78 is 2.11. The number of hydrogen-bond acceptors (Lipinski definition) is 3. The highest BCUT2D eigenvalue weighted by Crippen LogP contribution is 2.28. The van der Waals surface area contributed by atoms with Crippen molar-refractivity contribution in [2.75, 3.05) is 13.1 Å². The summed E-state index contributed by atoms with van der Waals surface area (Å²) in [6, 6.07) is 4.88. The Labute approximate surface area is 103 Å². The van der Waals surface area contributed by atoms with Crippen LogP contribution in [0.3, 0.4) is 0 Å². The van der Waals surface area contributed by atoms with Gasteiger partial charge < -0.3 is 0 Å². The quantitative estimate of drug-likeness (QED) is 0.732. The molecule has 92 valence electrons. The third-order valence-corrected chi connectivity index (χ3v) is 3.49. The standard InChI is InChI=1S/C13H20N4/c1-2-16(10-8-14)11-12-7-9-17(15-12)13-5-3-4-6-13/h7,9,13H,2-6,10-11H2,1H3. The van der Waals surface area contributed by atoms with Crippen molar-refractivity contribution < 1.29 is 0 Å². The highest BCUT2D eigenvalue weighted by atomic mass is 15.3. The fraction of sp³-hybridized carbons (Fsp3) is 0.692. The summed E-state index contributed by atoms with van der Waals surface area (Å²) in [5.41, 5.74) is 1.08. The van der Waals surface area contributed by atoms with Gasteiger partial charge in [-0.05, 0) is 25.5 Å². The molecule has 0 bridgehead atoms. The fourth-order valence-electron chi connectivity index (χ4n) is 2.44. The van der Waals surface area contributed by atoms with E-state index in [1.54, 1.807) is 0 Å². The Hall–Kier alpha value is -1.34. The Morgan fingerprint density at radius 2 is 2.29 bits per heavy atom. The number of nitriles is 1. The Kier molecular flexibility index (Phi) is 4.16. The van der Waals surface area contributed by atoms with Crippen molar-refractivity contribution in [3.8, 4) is 6.07 Å². The van der Waals surface area contributed by atoms with E-state index in [0.29, 0.717) is 12.6 Å². The molecule has 4 nitrogen and oxygen atoms in total. The lowest BCUT2D eigenvalue weighted by atomic mass is 10.3. The van der Waals surface area contributed by atoms with Crippen molar-refractivity contribution in [3.63, 3.8) is 0 Å². The monoisotopic (exact) mass is 232 g/mol.